The van der Waals surface area contributed by atoms with Gasteiger partial charge in [0.15, 0.2) is 5.92 Å². The molecule has 1 aromatic carbocycles. The second kappa shape index (κ2) is 4.86. The fourth-order valence-electron chi connectivity index (χ4n) is 1.96. The van der Waals surface area contributed by atoms with Crippen LogP contribution in [0.5, 0.6) is 0 Å². The van der Waals surface area contributed by atoms with Crippen LogP contribution in [0.25, 0.3) is 0 Å². The molecule has 0 radical (unpaired) electrons. The highest BCUT2D eigenvalue weighted by molar-refractivity contribution is 7.89. The van der Waals surface area contributed by atoms with Crippen molar-refractivity contribution in [1.82, 2.24) is 0 Å². The normalized spacial score (nSPS) is 19.2. The monoisotopic (exact) mass is 310 g/mol. The van der Waals surface area contributed by atoms with Crippen molar-refractivity contribution in [2.75, 3.05) is 4.90 Å². The van der Waals surface area contributed by atoms with E-state index in [4.69, 9.17) is 5.14 Å². The molecule has 1 atom stereocenters. The lowest BCUT2D eigenvalue weighted by molar-refractivity contribution is -0.139. The Morgan fingerprint density at radius 2 is 1.67 bits per heavy atom. The lowest BCUT2D eigenvalue weighted by Gasteiger charge is -2.13. The van der Waals surface area contributed by atoms with Crippen LogP contribution in [-0.4, -0.2) is 31.8 Å². The second-order valence-corrected chi connectivity index (χ2v) is 5.99. The third kappa shape index (κ3) is 2.48. The van der Waals surface area contributed by atoms with Crippen molar-refractivity contribution in [2.45, 2.75) is 11.8 Å². The summed E-state index contributed by atoms with van der Waals surface area (Å²) in [5.74, 6) is -5.51. The molecular formula is C12H10N2O6S. The Kier molecular flexibility index (Phi) is 3.47. The average molecular weight is 310 g/mol. The van der Waals surface area contributed by atoms with E-state index in [2.05, 4.69) is 0 Å². The third-order valence-electron chi connectivity index (χ3n) is 2.97. The molecular weight excluding hydrogens is 300 g/mol. The molecule has 0 spiro atoms. The molecule has 0 bridgehead atoms. The summed E-state index contributed by atoms with van der Waals surface area (Å²) < 4.78 is 22.2. The van der Waals surface area contributed by atoms with E-state index in [0.717, 1.165) is 31.2 Å². The molecule has 1 aromatic rings. The van der Waals surface area contributed by atoms with Gasteiger partial charge in [0.25, 0.3) is 5.91 Å². The van der Waals surface area contributed by atoms with Gasteiger partial charge in [-0.25, -0.2) is 18.5 Å². The van der Waals surface area contributed by atoms with Crippen molar-refractivity contribution in [3.63, 3.8) is 0 Å². The Labute approximate surface area is 119 Å². The summed E-state index contributed by atoms with van der Waals surface area (Å²) in [6, 6.07) is 4.50. The summed E-state index contributed by atoms with van der Waals surface area (Å²) in [5.41, 5.74) is -0.00509. The number of carbonyl (C=O) groups excluding carboxylic acids is 4. The minimum atomic E-state index is -3.91. The number of anilines is 1. The maximum Gasteiger partial charge on any atom is 0.302 e. The van der Waals surface area contributed by atoms with E-state index < -0.39 is 39.3 Å². The minimum Gasteiger partial charge on any atom is -0.299 e. The zero-order chi connectivity index (χ0) is 15.9. The Bertz CT molecular complexity index is 765. The predicted octanol–water partition coefficient (Wildman–Crippen LogP) is -1.02. The molecule has 0 saturated carbocycles. The van der Waals surface area contributed by atoms with Gasteiger partial charge in [0.1, 0.15) is 5.78 Å². The summed E-state index contributed by atoms with van der Waals surface area (Å²) in [5, 5.41) is 4.92. The SMILES string of the molecule is CC(=O)C1C(=O)C(=O)N(c2ccc(S(N)(=O)=O)cc2)C1=O. The van der Waals surface area contributed by atoms with Gasteiger partial charge in [-0.3, -0.25) is 19.2 Å². The van der Waals surface area contributed by atoms with Crippen LogP contribution in [-0.2, 0) is 29.2 Å². The number of carbonyl (C=O) groups is 4. The van der Waals surface area contributed by atoms with Crippen molar-refractivity contribution < 1.29 is 27.6 Å². The van der Waals surface area contributed by atoms with E-state index in [1.54, 1.807) is 0 Å². The number of amides is 2. The lowest BCUT2D eigenvalue weighted by atomic mass is 10.0. The summed E-state index contributed by atoms with van der Waals surface area (Å²) in [7, 11) is -3.91. The highest BCUT2D eigenvalue weighted by Crippen LogP contribution is 2.25. The molecule has 1 fully saturated rings. The van der Waals surface area contributed by atoms with Gasteiger partial charge in [-0.1, -0.05) is 0 Å². The lowest BCUT2D eigenvalue weighted by Crippen LogP contribution is -2.32. The quantitative estimate of drug-likeness (QED) is 0.432. The number of hydrogen-bond acceptors (Lipinski definition) is 6. The van der Waals surface area contributed by atoms with Crippen LogP contribution in [0, 0.1) is 5.92 Å². The third-order valence-corrected chi connectivity index (χ3v) is 3.90. The molecule has 9 heteroatoms. The van der Waals surface area contributed by atoms with Gasteiger partial charge in [-0.05, 0) is 31.2 Å². The molecule has 1 aliphatic rings. The molecule has 8 nitrogen and oxygen atoms in total. The molecule has 1 unspecified atom stereocenters. The minimum absolute atomic E-state index is 0.00509. The molecule has 21 heavy (non-hydrogen) atoms. The van der Waals surface area contributed by atoms with E-state index in [1.165, 1.54) is 0 Å². The largest absolute Gasteiger partial charge is 0.302 e. The predicted molar refractivity (Wildman–Crippen MR) is 69.5 cm³/mol. The van der Waals surface area contributed by atoms with Gasteiger partial charge in [0, 0.05) is 0 Å². The molecule has 1 heterocycles. The summed E-state index contributed by atoms with van der Waals surface area (Å²) in [6.45, 7) is 1.04. The van der Waals surface area contributed by atoms with E-state index >= 15 is 0 Å². The average Bonchev–Trinajstić information content (AvgIpc) is 2.59. The van der Waals surface area contributed by atoms with Crippen LogP contribution < -0.4 is 10.0 Å². The topological polar surface area (TPSA) is 132 Å². The number of primary sulfonamides is 1. The molecule has 0 aromatic heterocycles. The molecule has 2 rings (SSSR count). The first kappa shape index (κ1) is 15.0. The number of nitrogens with two attached hydrogens (primary N) is 1. The fourth-order valence-corrected chi connectivity index (χ4v) is 2.48. The summed E-state index contributed by atoms with van der Waals surface area (Å²) in [4.78, 5) is 47.0. The number of nitrogens with zero attached hydrogens (tertiary/aromatic N) is 1. The smallest absolute Gasteiger partial charge is 0.299 e. The van der Waals surface area contributed by atoms with Gasteiger partial charge in [-0.2, -0.15) is 0 Å². The van der Waals surface area contributed by atoms with Crippen LogP contribution in [0.15, 0.2) is 29.2 Å². The first-order chi connectivity index (χ1) is 9.64. The van der Waals surface area contributed by atoms with Gasteiger partial charge < -0.3 is 0 Å². The summed E-state index contributed by atoms with van der Waals surface area (Å²) in [6.07, 6.45) is 0. The molecule has 1 saturated heterocycles. The Hall–Kier alpha value is -2.39. The number of ketones is 2. The zero-order valence-electron chi connectivity index (χ0n) is 10.8. The standard InChI is InChI=1S/C12H10N2O6S/c1-6(15)9-10(16)12(18)14(11(9)17)7-2-4-8(5-3-7)21(13,19)20/h2-5,9H,1H3,(H2,13,19,20). The van der Waals surface area contributed by atoms with Crippen LogP contribution in [0.1, 0.15) is 6.92 Å². The maximum atomic E-state index is 12.0. The number of benzene rings is 1. The first-order valence-electron chi connectivity index (χ1n) is 5.70. The van der Waals surface area contributed by atoms with Crippen LogP contribution in [0.4, 0.5) is 5.69 Å². The Balaban J connectivity index is 2.43. The van der Waals surface area contributed by atoms with Crippen molar-refractivity contribution >= 4 is 39.1 Å². The highest BCUT2D eigenvalue weighted by atomic mass is 32.2. The van der Waals surface area contributed by atoms with Gasteiger partial charge in [-0.15, -0.1) is 0 Å². The Morgan fingerprint density at radius 1 is 1.14 bits per heavy atom. The highest BCUT2D eigenvalue weighted by Gasteiger charge is 2.49. The van der Waals surface area contributed by atoms with Gasteiger partial charge >= 0.3 is 5.91 Å². The first-order valence-corrected chi connectivity index (χ1v) is 7.24. The molecule has 0 aliphatic carbocycles. The number of sulfonamides is 1. The maximum absolute atomic E-state index is 12.0. The molecule has 110 valence electrons. The Morgan fingerprint density at radius 3 is 2.05 bits per heavy atom. The number of rotatable bonds is 3. The van der Waals surface area contributed by atoms with Crippen molar-refractivity contribution in [3.8, 4) is 0 Å². The summed E-state index contributed by atoms with van der Waals surface area (Å²) >= 11 is 0. The van der Waals surface area contributed by atoms with E-state index in [9.17, 15) is 27.6 Å². The van der Waals surface area contributed by atoms with Crippen LogP contribution >= 0.6 is 0 Å². The van der Waals surface area contributed by atoms with Crippen LogP contribution in [0.2, 0.25) is 0 Å². The number of Topliss-reactive ketones (excluding diaryl/α,β-unsaturated/α-hetero) is 2. The number of imide groups is 1. The van der Waals surface area contributed by atoms with Gasteiger partial charge in [0.2, 0.25) is 15.8 Å². The number of hydrogen-bond donors (Lipinski definition) is 1. The van der Waals surface area contributed by atoms with Crippen molar-refractivity contribution in [3.05, 3.63) is 24.3 Å². The molecule has 2 amide bonds. The van der Waals surface area contributed by atoms with Gasteiger partial charge in [0.05, 0.1) is 10.6 Å². The zero-order valence-corrected chi connectivity index (χ0v) is 11.6. The molecule has 1 aliphatic heterocycles. The van der Waals surface area contributed by atoms with Crippen LogP contribution in [0.3, 0.4) is 0 Å². The van der Waals surface area contributed by atoms with Crippen molar-refractivity contribution in [2.24, 2.45) is 11.1 Å². The van der Waals surface area contributed by atoms with Crippen molar-refractivity contribution in [1.29, 1.82) is 0 Å². The van der Waals surface area contributed by atoms with E-state index in [0.29, 0.717) is 4.90 Å². The fraction of sp³-hybridized carbons (Fsp3) is 0.167. The van der Waals surface area contributed by atoms with E-state index in [1.807, 2.05) is 0 Å². The van der Waals surface area contributed by atoms with E-state index in [-0.39, 0.29) is 10.6 Å². The molecule has 2 N–H and O–H groups in total. The second-order valence-electron chi connectivity index (χ2n) is 4.43.